The van der Waals surface area contributed by atoms with Gasteiger partial charge in [-0.2, -0.15) is 5.10 Å². The van der Waals surface area contributed by atoms with Crippen LogP contribution in [0.1, 0.15) is 37.2 Å². The molecule has 0 aromatic carbocycles. The molecule has 0 aliphatic heterocycles. The summed E-state index contributed by atoms with van der Waals surface area (Å²) in [5.41, 5.74) is 7.09. The van der Waals surface area contributed by atoms with Gasteiger partial charge in [-0.25, -0.2) is 14.5 Å². The molecule has 7 heteroatoms. The van der Waals surface area contributed by atoms with E-state index in [4.69, 9.17) is 5.73 Å². The molecule has 2 heterocycles. The number of nitrogens with two attached hydrogens (primary N) is 1. The monoisotopic (exact) mass is 304 g/mol. The summed E-state index contributed by atoms with van der Waals surface area (Å²) < 4.78 is 5.07. The van der Waals surface area contributed by atoms with Crippen LogP contribution in [0.4, 0.5) is 0 Å². The van der Waals surface area contributed by atoms with Crippen LogP contribution < -0.4 is 11.4 Å². The number of aryl methyl sites for hydroxylation is 1. The molecule has 0 spiro atoms. The van der Waals surface area contributed by atoms with Gasteiger partial charge in [0.25, 0.3) is 0 Å². The maximum atomic E-state index is 12.4. The minimum atomic E-state index is -0.0828. The first-order valence-electron chi connectivity index (χ1n) is 7.89. The summed E-state index contributed by atoms with van der Waals surface area (Å²) in [6, 6.07) is 0.228. The average Bonchev–Trinajstić information content (AvgIpc) is 3.01. The molecule has 0 amide bonds. The Labute approximate surface area is 129 Å². The molecule has 120 valence electrons. The first-order valence-corrected chi connectivity index (χ1v) is 7.89. The van der Waals surface area contributed by atoms with Gasteiger partial charge in [0.15, 0.2) is 0 Å². The van der Waals surface area contributed by atoms with Crippen LogP contribution in [0.2, 0.25) is 0 Å². The predicted molar refractivity (Wildman–Crippen MR) is 83.4 cm³/mol. The standard InChI is InChI=1S/C15H24N6O/c1-19-10-17-8-12(19)9-21-15(22)20(2)14(18-21)7-11-5-3-4-6-13(11)16/h8,10-11,13H,3-7,9,16H2,1-2H3/t11-,13-/m1/s1. The second-order valence-corrected chi connectivity index (χ2v) is 6.32. The molecule has 3 rings (SSSR count). The van der Waals surface area contributed by atoms with E-state index in [1.807, 2.05) is 11.6 Å². The highest BCUT2D eigenvalue weighted by atomic mass is 16.2. The number of aromatic nitrogens is 5. The zero-order chi connectivity index (χ0) is 15.7. The number of imidazole rings is 1. The fraction of sp³-hybridized carbons (Fsp3) is 0.667. The van der Waals surface area contributed by atoms with E-state index in [2.05, 4.69) is 10.1 Å². The molecule has 1 aliphatic carbocycles. The molecule has 0 bridgehead atoms. The third-order valence-corrected chi connectivity index (χ3v) is 4.77. The molecule has 2 N–H and O–H groups in total. The Kier molecular flexibility index (Phi) is 4.15. The van der Waals surface area contributed by atoms with Crippen molar-refractivity contribution in [2.75, 3.05) is 0 Å². The van der Waals surface area contributed by atoms with Crippen LogP contribution in [-0.4, -0.2) is 29.9 Å². The molecule has 2 aromatic heterocycles. The summed E-state index contributed by atoms with van der Waals surface area (Å²) in [5, 5.41) is 4.52. The smallest absolute Gasteiger partial charge is 0.336 e. The summed E-state index contributed by atoms with van der Waals surface area (Å²) in [6.07, 6.45) is 8.92. The van der Waals surface area contributed by atoms with Gasteiger partial charge in [-0.3, -0.25) is 4.57 Å². The SMILES string of the molecule is Cn1cncc1Cn1nc(C[C@H]2CCCC[C@H]2N)n(C)c1=O. The van der Waals surface area contributed by atoms with Crippen molar-refractivity contribution >= 4 is 0 Å². The van der Waals surface area contributed by atoms with E-state index in [0.717, 1.165) is 30.8 Å². The van der Waals surface area contributed by atoms with E-state index >= 15 is 0 Å². The summed E-state index contributed by atoms with van der Waals surface area (Å²) in [7, 11) is 3.71. The molecule has 1 fully saturated rings. The highest BCUT2D eigenvalue weighted by Gasteiger charge is 2.24. The first-order chi connectivity index (χ1) is 10.6. The largest absolute Gasteiger partial charge is 0.346 e. The summed E-state index contributed by atoms with van der Waals surface area (Å²) >= 11 is 0. The van der Waals surface area contributed by atoms with E-state index in [9.17, 15) is 4.79 Å². The molecule has 0 radical (unpaired) electrons. The number of hydrogen-bond acceptors (Lipinski definition) is 4. The minimum Gasteiger partial charge on any atom is -0.336 e. The zero-order valence-corrected chi connectivity index (χ0v) is 13.3. The summed E-state index contributed by atoms with van der Waals surface area (Å²) in [5.74, 6) is 1.26. The Morgan fingerprint density at radius 3 is 2.77 bits per heavy atom. The molecular formula is C15H24N6O. The first kappa shape index (κ1) is 15.0. The second kappa shape index (κ2) is 6.08. The van der Waals surface area contributed by atoms with Crippen LogP contribution in [-0.2, 0) is 27.1 Å². The van der Waals surface area contributed by atoms with Gasteiger partial charge in [-0.15, -0.1) is 0 Å². The van der Waals surface area contributed by atoms with Crippen LogP contribution in [0, 0.1) is 5.92 Å². The van der Waals surface area contributed by atoms with Crippen molar-refractivity contribution in [1.82, 2.24) is 23.9 Å². The van der Waals surface area contributed by atoms with Gasteiger partial charge in [0, 0.05) is 26.6 Å². The molecule has 7 nitrogen and oxygen atoms in total. The van der Waals surface area contributed by atoms with Gasteiger partial charge in [-0.05, 0) is 18.8 Å². The fourth-order valence-corrected chi connectivity index (χ4v) is 3.23. The quantitative estimate of drug-likeness (QED) is 0.887. The lowest BCUT2D eigenvalue weighted by Crippen LogP contribution is -2.35. The molecular weight excluding hydrogens is 280 g/mol. The normalized spacial score (nSPS) is 22.1. The third-order valence-electron chi connectivity index (χ3n) is 4.77. The van der Waals surface area contributed by atoms with E-state index in [1.165, 1.54) is 17.5 Å². The van der Waals surface area contributed by atoms with Crippen molar-refractivity contribution < 1.29 is 0 Å². The van der Waals surface area contributed by atoms with Gasteiger partial charge in [0.1, 0.15) is 5.82 Å². The van der Waals surface area contributed by atoms with Gasteiger partial charge in [0.2, 0.25) is 0 Å². The van der Waals surface area contributed by atoms with Crippen molar-refractivity contribution in [3.8, 4) is 0 Å². The number of rotatable bonds is 4. The van der Waals surface area contributed by atoms with Crippen molar-refractivity contribution in [3.05, 3.63) is 34.5 Å². The molecule has 1 saturated carbocycles. The van der Waals surface area contributed by atoms with E-state index in [1.54, 1.807) is 24.1 Å². The van der Waals surface area contributed by atoms with Gasteiger partial charge in [0.05, 0.1) is 24.8 Å². The van der Waals surface area contributed by atoms with Gasteiger partial charge >= 0.3 is 5.69 Å². The summed E-state index contributed by atoms with van der Waals surface area (Å²) in [6.45, 7) is 0.444. The van der Waals surface area contributed by atoms with Crippen LogP contribution in [0.3, 0.4) is 0 Å². The maximum Gasteiger partial charge on any atom is 0.346 e. The third kappa shape index (κ3) is 2.85. The Morgan fingerprint density at radius 1 is 1.32 bits per heavy atom. The lowest BCUT2D eigenvalue weighted by molar-refractivity contribution is 0.300. The maximum absolute atomic E-state index is 12.4. The molecule has 1 aliphatic rings. The molecule has 0 unspecified atom stereocenters. The van der Waals surface area contributed by atoms with Crippen LogP contribution in [0.5, 0.6) is 0 Å². The van der Waals surface area contributed by atoms with E-state index in [0.29, 0.717) is 12.5 Å². The predicted octanol–water partition coefficient (Wildman–Crippen LogP) is 0.424. The van der Waals surface area contributed by atoms with Crippen molar-refractivity contribution in [2.24, 2.45) is 25.7 Å². The van der Waals surface area contributed by atoms with Gasteiger partial charge in [-0.1, -0.05) is 12.8 Å². The highest BCUT2D eigenvalue weighted by Crippen LogP contribution is 2.25. The Hall–Kier alpha value is -1.89. The topological polar surface area (TPSA) is 83.7 Å². The molecule has 2 atom stereocenters. The Balaban J connectivity index is 1.80. The molecule has 2 aromatic rings. The minimum absolute atomic E-state index is 0.0828. The molecule has 22 heavy (non-hydrogen) atoms. The number of hydrogen-bond donors (Lipinski definition) is 1. The van der Waals surface area contributed by atoms with Crippen LogP contribution in [0.15, 0.2) is 17.3 Å². The van der Waals surface area contributed by atoms with Crippen molar-refractivity contribution in [3.63, 3.8) is 0 Å². The van der Waals surface area contributed by atoms with Gasteiger partial charge < -0.3 is 10.3 Å². The van der Waals surface area contributed by atoms with Crippen molar-refractivity contribution in [2.45, 2.75) is 44.7 Å². The number of nitrogens with zero attached hydrogens (tertiary/aromatic N) is 5. The van der Waals surface area contributed by atoms with Crippen LogP contribution in [0.25, 0.3) is 0 Å². The fourth-order valence-electron chi connectivity index (χ4n) is 3.23. The lowest BCUT2D eigenvalue weighted by Gasteiger charge is -2.27. The van der Waals surface area contributed by atoms with Crippen molar-refractivity contribution in [1.29, 1.82) is 0 Å². The molecule has 0 saturated heterocycles. The second-order valence-electron chi connectivity index (χ2n) is 6.32. The lowest BCUT2D eigenvalue weighted by atomic mass is 9.83. The highest BCUT2D eigenvalue weighted by molar-refractivity contribution is 4.99. The summed E-state index contributed by atoms with van der Waals surface area (Å²) in [4.78, 5) is 16.4. The Morgan fingerprint density at radius 2 is 2.09 bits per heavy atom. The van der Waals surface area contributed by atoms with E-state index in [-0.39, 0.29) is 11.7 Å². The van der Waals surface area contributed by atoms with Crippen LogP contribution >= 0.6 is 0 Å². The van der Waals surface area contributed by atoms with E-state index < -0.39 is 0 Å². The Bertz CT molecular complexity index is 697. The zero-order valence-electron chi connectivity index (χ0n) is 13.3. The average molecular weight is 304 g/mol.